The number of unbranched alkanes of at least 4 members (excludes halogenated alkanes) is 2. The second kappa shape index (κ2) is 9.32. The Morgan fingerprint density at radius 1 is 1.12 bits per heavy atom. The predicted octanol–water partition coefficient (Wildman–Crippen LogP) is 3.89. The third kappa shape index (κ3) is 6.54. The molecule has 0 aliphatic carbocycles. The summed E-state index contributed by atoms with van der Waals surface area (Å²) in [4.78, 5) is 0. The molecule has 1 rings (SSSR count). The standard InChI is InChI=1S/C14H22ClNO/c1-2-10-16-11-6-3-7-12-17-14-9-5-4-8-13(14)15/h4-5,8-9,16H,2-3,6-7,10-12H2,1H3. The molecule has 0 amide bonds. The van der Waals surface area contributed by atoms with Crippen LogP contribution >= 0.6 is 11.6 Å². The Morgan fingerprint density at radius 3 is 2.71 bits per heavy atom. The number of halogens is 1. The summed E-state index contributed by atoms with van der Waals surface area (Å²) < 4.78 is 5.61. The summed E-state index contributed by atoms with van der Waals surface area (Å²) in [6.07, 6.45) is 4.70. The summed E-state index contributed by atoms with van der Waals surface area (Å²) >= 11 is 5.99. The Bertz CT molecular complexity index is 304. The van der Waals surface area contributed by atoms with Crippen molar-refractivity contribution in [1.29, 1.82) is 0 Å². The first-order valence-corrected chi connectivity index (χ1v) is 6.80. The van der Waals surface area contributed by atoms with Crippen LogP contribution in [0.3, 0.4) is 0 Å². The van der Waals surface area contributed by atoms with Gasteiger partial charge in [-0.15, -0.1) is 0 Å². The SMILES string of the molecule is CCCNCCCCCOc1ccccc1Cl. The van der Waals surface area contributed by atoms with Crippen molar-refractivity contribution in [1.82, 2.24) is 5.32 Å². The fraction of sp³-hybridized carbons (Fsp3) is 0.571. The highest BCUT2D eigenvalue weighted by molar-refractivity contribution is 6.32. The highest BCUT2D eigenvalue weighted by Gasteiger charge is 1.98. The molecule has 1 aromatic carbocycles. The summed E-state index contributed by atoms with van der Waals surface area (Å²) in [5.74, 6) is 0.790. The van der Waals surface area contributed by atoms with Gasteiger partial charge in [-0.2, -0.15) is 0 Å². The molecule has 0 atom stereocenters. The van der Waals surface area contributed by atoms with Gasteiger partial charge in [0, 0.05) is 0 Å². The van der Waals surface area contributed by atoms with Gasteiger partial charge in [0.1, 0.15) is 5.75 Å². The largest absolute Gasteiger partial charge is 0.492 e. The van der Waals surface area contributed by atoms with Crippen LogP contribution in [-0.2, 0) is 0 Å². The second-order valence-corrected chi connectivity index (χ2v) is 4.50. The molecule has 0 aliphatic heterocycles. The fourth-order valence-electron chi connectivity index (χ4n) is 1.57. The number of benzene rings is 1. The lowest BCUT2D eigenvalue weighted by atomic mass is 10.2. The molecule has 0 heterocycles. The zero-order valence-electron chi connectivity index (χ0n) is 10.5. The van der Waals surface area contributed by atoms with Crippen molar-refractivity contribution in [3.8, 4) is 5.75 Å². The van der Waals surface area contributed by atoms with E-state index < -0.39 is 0 Å². The van der Waals surface area contributed by atoms with Gasteiger partial charge < -0.3 is 10.1 Å². The van der Waals surface area contributed by atoms with Crippen molar-refractivity contribution in [2.45, 2.75) is 32.6 Å². The molecule has 0 aliphatic rings. The predicted molar refractivity (Wildman–Crippen MR) is 74.0 cm³/mol. The zero-order valence-corrected chi connectivity index (χ0v) is 11.3. The van der Waals surface area contributed by atoms with Gasteiger partial charge in [-0.1, -0.05) is 30.7 Å². The monoisotopic (exact) mass is 255 g/mol. The number of rotatable bonds is 9. The van der Waals surface area contributed by atoms with Crippen LogP contribution in [-0.4, -0.2) is 19.7 Å². The van der Waals surface area contributed by atoms with Crippen molar-refractivity contribution >= 4 is 11.6 Å². The molecule has 0 spiro atoms. The summed E-state index contributed by atoms with van der Waals surface area (Å²) in [6.45, 7) is 5.16. The average Bonchev–Trinajstić information content (AvgIpc) is 2.35. The number of hydrogen-bond acceptors (Lipinski definition) is 2. The molecule has 0 aromatic heterocycles. The highest BCUT2D eigenvalue weighted by atomic mass is 35.5. The Kier molecular flexibility index (Phi) is 7.85. The van der Waals surface area contributed by atoms with Crippen molar-refractivity contribution < 1.29 is 4.74 Å². The van der Waals surface area contributed by atoms with Crippen molar-refractivity contribution in [3.63, 3.8) is 0 Å². The van der Waals surface area contributed by atoms with Crippen LogP contribution in [0.4, 0.5) is 0 Å². The van der Waals surface area contributed by atoms with Crippen LogP contribution in [0.5, 0.6) is 5.75 Å². The number of hydrogen-bond donors (Lipinski definition) is 1. The third-order valence-electron chi connectivity index (χ3n) is 2.52. The Labute approximate surface area is 109 Å². The maximum absolute atomic E-state index is 5.99. The first kappa shape index (κ1) is 14.3. The molecule has 1 N–H and O–H groups in total. The molecule has 0 saturated heterocycles. The van der Waals surface area contributed by atoms with E-state index in [-0.39, 0.29) is 0 Å². The van der Waals surface area contributed by atoms with E-state index >= 15 is 0 Å². The number of para-hydroxylation sites is 1. The molecule has 96 valence electrons. The van der Waals surface area contributed by atoms with Gasteiger partial charge >= 0.3 is 0 Å². The summed E-state index contributed by atoms with van der Waals surface area (Å²) in [6, 6.07) is 7.61. The Balaban J connectivity index is 1.99. The van der Waals surface area contributed by atoms with Crippen LogP contribution in [0.1, 0.15) is 32.6 Å². The topological polar surface area (TPSA) is 21.3 Å². The molecule has 2 nitrogen and oxygen atoms in total. The maximum Gasteiger partial charge on any atom is 0.137 e. The third-order valence-corrected chi connectivity index (χ3v) is 2.83. The molecule has 0 radical (unpaired) electrons. The van der Waals surface area contributed by atoms with E-state index in [0.717, 1.165) is 31.9 Å². The van der Waals surface area contributed by atoms with Crippen LogP contribution in [0.2, 0.25) is 5.02 Å². The normalized spacial score (nSPS) is 10.5. The van der Waals surface area contributed by atoms with Gasteiger partial charge in [0.05, 0.1) is 11.6 Å². The van der Waals surface area contributed by atoms with Gasteiger partial charge in [0.15, 0.2) is 0 Å². The smallest absolute Gasteiger partial charge is 0.137 e. The van der Waals surface area contributed by atoms with Crippen molar-refractivity contribution in [2.75, 3.05) is 19.7 Å². The minimum atomic E-state index is 0.692. The van der Waals surface area contributed by atoms with Crippen molar-refractivity contribution in [2.24, 2.45) is 0 Å². The molecule has 1 aromatic rings. The summed E-state index contributed by atoms with van der Waals surface area (Å²) in [7, 11) is 0. The van der Waals surface area contributed by atoms with E-state index in [4.69, 9.17) is 16.3 Å². The van der Waals surface area contributed by atoms with Gasteiger partial charge in [-0.3, -0.25) is 0 Å². The van der Waals surface area contributed by atoms with Gasteiger partial charge in [-0.25, -0.2) is 0 Å². The fourth-order valence-corrected chi connectivity index (χ4v) is 1.76. The Morgan fingerprint density at radius 2 is 1.94 bits per heavy atom. The molecule has 0 bridgehead atoms. The van der Waals surface area contributed by atoms with Gasteiger partial charge in [0.2, 0.25) is 0 Å². The lowest BCUT2D eigenvalue weighted by Gasteiger charge is -2.07. The second-order valence-electron chi connectivity index (χ2n) is 4.09. The minimum absolute atomic E-state index is 0.692. The molecular weight excluding hydrogens is 234 g/mol. The van der Waals surface area contributed by atoms with Crippen LogP contribution in [0.15, 0.2) is 24.3 Å². The van der Waals surface area contributed by atoms with E-state index in [9.17, 15) is 0 Å². The minimum Gasteiger partial charge on any atom is -0.492 e. The lowest BCUT2D eigenvalue weighted by molar-refractivity contribution is 0.305. The summed E-state index contributed by atoms with van der Waals surface area (Å²) in [5, 5.41) is 4.08. The van der Waals surface area contributed by atoms with Crippen LogP contribution in [0, 0.1) is 0 Å². The van der Waals surface area contributed by atoms with E-state index in [1.807, 2.05) is 24.3 Å². The zero-order chi connectivity index (χ0) is 12.3. The quantitative estimate of drug-likeness (QED) is 0.676. The maximum atomic E-state index is 5.99. The average molecular weight is 256 g/mol. The molecule has 0 unspecified atom stereocenters. The van der Waals surface area contributed by atoms with Gasteiger partial charge in [-0.05, 0) is 50.9 Å². The molecule has 17 heavy (non-hydrogen) atoms. The van der Waals surface area contributed by atoms with E-state index in [2.05, 4.69) is 12.2 Å². The number of nitrogens with one attached hydrogen (secondary N) is 1. The van der Waals surface area contributed by atoms with Crippen LogP contribution in [0.25, 0.3) is 0 Å². The number of ether oxygens (including phenoxy) is 1. The first-order chi connectivity index (χ1) is 8.34. The van der Waals surface area contributed by atoms with E-state index in [1.54, 1.807) is 0 Å². The lowest BCUT2D eigenvalue weighted by Crippen LogP contribution is -2.15. The van der Waals surface area contributed by atoms with E-state index in [1.165, 1.54) is 19.3 Å². The molecule has 0 fully saturated rings. The van der Waals surface area contributed by atoms with E-state index in [0.29, 0.717) is 5.02 Å². The molecular formula is C14H22ClNO. The first-order valence-electron chi connectivity index (χ1n) is 6.42. The highest BCUT2D eigenvalue weighted by Crippen LogP contribution is 2.23. The van der Waals surface area contributed by atoms with Gasteiger partial charge in [0.25, 0.3) is 0 Å². The molecule has 3 heteroatoms. The van der Waals surface area contributed by atoms with Crippen LogP contribution < -0.4 is 10.1 Å². The summed E-state index contributed by atoms with van der Waals surface area (Å²) in [5.41, 5.74) is 0. The Hall–Kier alpha value is -0.730. The van der Waals surface area contributed by atoms with Crippen molar-refractivity contribution in [3.05, 3.63) is 29.3 Å². The molecule has 0 saturated carbocycles.